The highest BCUT2D eigenvalue weighted by Gasteiger charge is 2.53. The van der Waals surface area contributed by atoms with Crippen LogP contribution >= 0.6 is 35.3 Å². The van der Waals surface area contributed by atoms with Gasteiger partial charge in [-0.25, -0.2) is 0 Å². The standard InChI is InChI=1S/C20H32N4OS.HI/c1-6-21-18(24-14-19(2,3)20(24,4)5)22-10-7-17(25)23-11-8-16-15(13-23)9-12-26-16;/h9,12H,6-8,10-11,13-14H2,1-5H3,(H,21,22);1H. The molecule has 0 unspecified atom stereocenters. The van der Waals surface area contributed by atoms with Crippen LogP contribution in [0, 0.1) is 5.41 Å². The molecular weight excluding hydrogens is 471 g/mol. The molecule has 1 aromatic heterocycles. The van der Waals surface area contributed by atoms with Gasteiger partial charge in [0, 0.05) is 48.4 Å². The van der Waals surface area contributed by atoms with Crippen molar-refractivity contribution in [3.8, 4) is 0 Å². The molecule has 1 amide bonds. The molecule has 0 aromatic carbocycles. The van der Waals surface area contributed by atoms with Crippen LogP contribution in [0.1, 0.15) is 51.5 Å². The maximum absolute atomic E-state index is 12.6. The van der Waals surface area contributed by atoms with Crippen LogP contribution in [0.15, 0.2) is 16.4 Å². The molecule has 3 rings (SSSR count). The number of hydrogen-bond acceptors (Lipinski definition) is 3. The van der Waals surface area contributed by atoms with Gasteiger partial charge in [0.25, 0.3) is 0 Å². The summed E-state index contributed by atoms with van der Waals surface area (Å²) in [6, 6.07) is 2.15. The quantitative estimate of drug-likeness (QED) is 0.386. The summed E-state index contributed by atoms with van der Waals surface area (Å²) in [7, 11) is 0. The molecule has 2 aliphatic rings. The van der Waals surface area contributed by atoms with Gasteiger partial charge < -0.3 is 15.1 Å². The molecule has 152 valence electrons. The molecule has 3 heterocycles. The predicted molar refractivity (Wildman–Crippen MR) is 124 cm³/mol. The summed E-state index contributed by atoms with van der Waals surface area (Å²) in [6.07, 6.45) is 1.47. The van der Waals surface area contributed by atoms with E-state index in [0.29, 0.717) is 13.0 Å². The number of guanidine groups is 1. The van der Waals surface area contributed by atoms with Gasteiger partial charge in [0.15, 0.2) is 5.96 Å². The van der Waals surface area contributed by atoms with Crippen molar-refractivity contribution in [1.29, 1.82) is 0 Å². The summed E-state index contributed by atoms with van der Waals surface area (Å²) >= 11 is 1.80. The number of hydrogen-bond donors (Lipinski definition) is 1. The highest BCUT2D eigenvalue weighted by Crippen LogP contribution is 2.46. The number of halogens is 1. The molecule has 0 bridgehead atoms. The van der Waals surface area contributed by atoms with Gasteiger partial charge in [-0.1, -0.05) is 13.8 Å². The number of nitrogens with zero attached hydrogens (tertiary/aromatic N) is 3. The highest BCUT2D eigenvalue weighted by molar-refractivity contribution is 14.0. The molecule has 0 spiro atoms. The van der Waals surface area contributed by atoms with E-state index in [1.54, 1.807) is 11.3 Å². The van der Waals surface area contributed by atoms with Gasteiger partial charge in [0.2, 0.25) is 5.91 Å². The molecule has 2 aliphatic heterocycles. The Labute approximate surface area is 184 Å². The number of carbonyl (C=O) groups excluding carboxylic acids is 1. The van der Waals surface area contributed by atoms with Gasteiger partial charge >= 0.3 is 0 Å². The summed E-state index contributed by atoms with van der Waals surface area (Å²) in [5.41, 5.74) is 1.65. The molecule has 0 atom stereocenters. The van der Waals surface area contributed by atoms with E-state index >= 15 is 0 Å². The lowest BCUT2D eigenvalue weighted by Crippen LogP contribution is -2.72. The maximum Gasteiger partial charge on any atom is 0.224 e. The third-order valence-corrected chi connectivity index (χ3v) is 7.25. The Balaban J connectivity index is 0.00000261. The molecule has 0 radical (unpaired) electrons. The Morgan fingerprint density at radius 2 is 2.07 bits per heavy atom. The second-order valence-electron chi connectivity index (χ2n) is 8.45. The number of amides is 1. The van der Waals surface area contributed by atoms with Crippen molar-refractivity contribution in [1.82, 2.24) is 15.1 Å². The minimum absolute atomic E-state index is 0. The summed E-state index contributed by atoms with van der Waals surface area (Å²) in [5.74, 6) is 1.15. The van der Waals surface area contributed by atoms with Crippen molar-refractivity contribution >= 4 is 47.2 Å². The fourth-order valence-corrected chi connectivity index (χ4v) is 4.56. The fraction of sp³-hybridized carbons (Fsp3) is 0.700. The Bertz CT molecular complexity index is 698. The van der Waals surface area contributed by atoms with Gasteiger partial charge in [-0.3, -0.25) is 9.79 Å². The van der Waals surface area contributed by atoms with E-state index in [1.807, 2.05) is 4.90 Å². The first-order valence-corrected chi connectivity index (χ1v) is 10.5. The van der Waals surface area contributed by atoms with Crippen molar-refractivity contribution in [2.75, 3.05) is 26.2 Å². The second kappa shape index (κ2) is 8.68. The predicted octanol–water partition coefficient (Wildman–Crippen LogP) is 3.73. The molecule has 27 heavy (non-hydrogen) atoms. The van der Waals surface area contributed by atoms with E-state index in [-0.39, 0.29) is 40.8 Å². The zero-order valence-corrected chi connectivity index (χ0v) is 20.3. The molecule has 0 aliphatic carbocycles. The number of carbonyl (C=O) groups is 1. The normalized spacial score (nSPS) is 20.4. The van der Waals surface area contributed by atoms with Gasteiger partial charge in [-0.05, 0) is 44.2 Å². The van der Waals surface area contributed by atoms with Crippen molar-refractivity contribution in [2.45, 2.75) is 59.5 Å². The first-order valence-electron chi connectivity index (χ1n) is 9.65. The number of rotatable bonds is 4. The second-order valence-corrected chi connectivity index (χ2v) is 9.45. The van der Waals surface area contributed by atoms with Crippen LogP contribution in [-0.2, 0) is 17.8 Å². The van der Waals surface area contributed by atoms with E-state index in [2.05, 4.69) is 56.3 Å². The van der Waals surface area contributed by atoms with E-state index in [4.69, 9.17) is 4.99 Å². The number of nitrogens with one attached hydrogen (secondary N) is 1. The van der Waals surface area contributed by atoms with Gasteiger partial charge in [-0.2, -0.15) is 0 Å². The molecule has 5 nitrogen and oxygen atoms in total. The summed E-state index contributed by atoms with van der Waals surface area (Å²) in [4.78, 5) is 23.1. The van der Waals surface area contributed by atoms with E-state index in [9.17, 15) is 4.79 Å². The molecule has 0 saturated carbocycles. The van der Waals surface area contributed by atoms with Crippen LogP contribution in [0.25, 0.3) is 0 Å². The maximum atomic E-state index is 12.6. The largest absolute Gasteiger partial charge is 0.356 e. The molecule has 1 N–H and O–H groups in total. The topological polar surface area (TPSA) is 47.9 Å². The summed E-state index contributed by atoms with van der Waals surface area (Å²) in [6.45, 7) is 15.2. The Morgan fingerprint density at radius 1 is 1.33 bits per heavy atom. The van der Waals surface area contributed by atoms with Crippen molar-refractivity contribution in [2.24, 2.45) is 10.4 Å². The number of aliphatic imine (C=N–C) groups is 1. The van der Waals surface area contributed by atoms with Crippen LogP contribution in [0.2, 0.25) is 0 Å². The van der Waals surface area contributed by atoms with Crippen molar-refractivity contribution in [3.05, 3.63) is 21.9 Å². The molecule has 1 aromatic rings. The lowest BCUT2D eigenvalue weighted by molar-refractivity contribution is -0.131. The Hall–Kier alpha value is -0.830. The lowest BCUT2D eigenvalue weighted by Gasteiger charge is -2.62. The van der Waals surface area contributed by atoms with Crippen LogP contribution in [-0.4, -0.2) is 53.4 Å². The van der Waals surface area contributed by atoms with E-state index < -0.39 is 0 Å². The Morgan fingerprint density at radius 3 is 2.70 bits per heavy atom. The first kappa shape index (κ1) is 22.5. The number of likely N-dealkylation sites (tertiary alicyclic amines) is 1. The zero-order valence-electron chi connectivity index (χ0n) is 17.2. The van der Waals surface area contributed by atoms with Gasteiger partial charge in [-0.15, -0.1) is 35.3 Å². The smallest absolute Gasteiger partial charge is 0.224 e. The molecule has 1 saturated heterocycles. The summed E-state index contributed by atoms with van der Waals surface area (Å²) < 4.78 is 0. The summed E-state index contributed by atoms with van der Waals surface area (Å²) in [5, 5.41) is 5.52. The fourth-order valence-electron chi connectivity index (χ4n) is 3.67. The Kier molecular flexibility index (Phi) is 7.22. The van der Waals surface area contributed by atoms with E-state index in [0.717, 1.165) is 38.6 Å². The SMILES string of the molecule is CCNC(=NCCC(=O)N1CCc2sccc2C1)N1CC(C)(C)C1(C)C.I. The van der Waals surface area contributed by atoms with Gasteiger partial charge in [0.1, 0.15) is 0 Å². The monoisotopic (exact) mass is 504 g/mol. The van der Waals surface area contributed by atoms with Crippen molar-refractivity contribution in [3.63, 3.8) is 0 Å². The average Bonchev–Trinajstić information content (AvgIpc) is 3.06. The minimum Gasteiger partial charge on any atom is -0.356 e. The molecule has 1 fully saturated rings. The zero-order chi connectivity index (χ0) is 18.9. The average molecular weight is 504 g/mol. The van der Waals surface area contributed by atoms with Crippen LogP contribution < -0.4 is 5.32 Å². The number of fused-ring (bicyclic) bond motifs is 1. The lowest BCUT2D eigenvalue weighted by atomic mass is 9.65. The minimum atomic E-state index is 0. The molecular formula is C20H33IN4OS. The van der Waals surface area contributed by atoms with E-state index in [1.165, 1.54) is 10.4 Å². The van der Waals surface area contributed by atoms with Crippen LogP contribution in [0.4, 0.5) is 0 Å². The first-order chi connectivity index (χ1) is 12.3. The van der Waals surface area contributed by atoms with Crippen LogP contribution in [0.3, 0.4) is 0 Å². The third kappa shape index (κ3) is 4.44. The van der Waals surface area contributed by atoms with Crippen LogP contribution in [0.5, 0.6) is 0 Å². The third-order valence-electron chi connectivity index (χ3n) is 6.22. The van der Waals surface area contributed by atoms with Crippen molar-refractivity contribution < 1.29 is 4.79 Å². The molecule has 7 heteroatoms. The van der Waals surface area contributed by atoms with Gasteiger partial charge in [0.05, 0.1) is 6.54 Å². The highest BCUT2D eigenvalue weighted by atomic mass is 127. The number of thiophene rings is 1.